The number of fused-ring (bicyclic) bond motifs is 7. The molecule has 1 aliphatic heterocycles. The van der Waals surface area contributed by atoms with Crippen LogP contribution in [0.1, 0.15) is 89.2 Å². The number of ketones is 2. The van der Waals surface area contributed by atoms with Gasteiger partial charge in [-0.2, -0.15) is 12.6 Å². The first-order chi connectivity index (χ1) is 30.8. The topological polar surface area (TPSA) is 247 Å². The van der Waals surface area contributed by atoms with E-state index in [2.05, 4.69) is 40.8 Å². The Morgan fingerprint density at radius 2 is 1.68 bits per heavy atom. The second-order valence-corrected chi connectivity index (χ2v) is 19.2. The van der Waals surface area contributed by atoms with Gasteiger partial charge >= 0.3 is 5.97 Å². The fourth-order valence-electron chi connectivity index (χ4n) is 11.3. The third-order valence-corrected chi connectivity index (χ3v) is 14.9. The Labute approximate surface area is 382 Å². The van der Waals surface area contributed by atoms with Crippen LogP contribution in [0.5, 0.6) is 0 Å². The van der Waals surface area contributed by atoms with Crippen molar-refractivity contribution in [2.75, 3.05) is 18.5 Å². The van der Waals surface area contributed by atoms with Crippen molar-refractivity contribution >= 4 is 59.5 Å². The van der Waals surface area contributed by atoms with Gasteiger partial charge in [-0.3, -0.25) is 33.6 Å². The van der Waals surface area contributed by atoms with Gasteiger partial charge in [-0.1, -0.05) is 61.9 Å². The SMILES string of the molecule is C[C@H](NC(=O)CCNC(=O)C(S)CC(=O)O)C(=O)N[C@@H](C)C(=O)Nc1cccc(Cc2ccc([C@@H]3O[C@@H]4C[C@H]5[C@@H]6CCC7=CC(=O)C=C[C@]7(C)C6[C@@H](O)C[C@]5(C)[C@]4(C(=O)CO)O3)cc2)c1. The van der Waals surface area contributed by atoms with Crippen LogP contribution in [0.15, 0.2) is 72.3 Å². The summed E-state index contributed by atoms with van der Waals surface area (Å²) in [6, 6.07) is 13.0. The molecule has 1 heterocycles. The Bertz CT molecular complexity index is 2300. The first-order valence-electron chi connectivity index (χ1n) is 22.1. The van der Waals surface area contributed by atoms with E-state index in [1.54, 1.807) is 24.3 Å². The van der Waals surface area contributed by atoms with Gasteiger partial charge in [0, 0.05) is 41.0 Å². The van der Waals surface area contributed by atoms with E-state index in [1.807, 2.05) is 49.4 Å². The molecular weight excluding hydrogens is 857 g/mol. The quantitative estimate of drug-likeness (QED) is 0.113. The first kappa shape index (κ1) is 47.8. The number of allylic oxidation sites excluding steroid dienone is 4. The van der Waals surface area contributed by atoms with E-state index >= 15 is 0 Å². The molecule has 5 aliphatic rings. The number of carbonyl (C=O) groups is 7. The number of rotatable bonds is 16. The zero-order valence-corrected chi connectivity index (χ0v) is 37.8. The van der Waals surface area contributed by atoms with Crippen molar-refractivity contribution in [3.05, 3.63) is 89.0 Å². The number of amides is 4. The maximum Gasteiger partial charge on any atom is 0.304 e. The normalized spacial score (nSPS) is 31.1. The molecule has 0 spiro atoms. The van der Waals surface area contributed by atoms with E-state index in [-0.39, 0.29) is 42.9 Å². The molecule has 0 radical (unpaired) electrons. The average molecular weight is 915 g/mol. The number of hydrogen-bond donors (Lipinski definition) is 8. The molecule has 2 aromatic rings. The Balaban J connectivity index is 0.927. The lowest BCUT2D eigenvalue weighted by Crippen LogP contribution is -2.63. The van der Waals surface area contributed by atoms with E-state index in [0.717, 1.165) is 29.5 Å². The number of carboxylic acids is 1. The van der Waals surface area contributed by atoms with Crippen LogP contribution in [0.2, 0.25) is 0 Å². The molecule has 0 bridgehead atoms. The number of hydrogen-bond acceptors (Lipinski definition) is 12. The largest absolute Gasteiger partial charge is 0.481 e. The minimum Gasteiger partial charge on any atom is -0.481 e. The van der Waals surface area contributed by atoms with Crippen LogP contribution in [0.4, 0.5) is 5.69 Å². The molecule has 4 fully saturated rings. The van der Waals surface area contributed by atoms with Crippen LogP contribution in [0.3, 0.4) is 0 Å². The molecule has 7 rings (SSSR count). The number of Topliss-reactive ketones (excluding diaryl/α,β-unsaturated/α-hetero) is 1. The molecule has 4 aliphatic carbocycles. The molecule has 2 unspecified atom stereocenters. The fourth-order valence-corrected chi connectivity index (χ4v) is 11.6. The lowest BCUT2D eigenvalue weighted by molar-refractivity contribution is -0.201. The summed E-state index contributed by atoms with van der Waals surface area (Å²) < 4.78 is 13.4. The highest BCUT2D eigenvalue weighted by Crippen LogP contribution is 2.70. The number of nitrogens with one attached hydrogen (secondary N) is 4. The molecule has 3 saturated carbocycles. The number of aliphatic hydroxyl groups excluding tert-OH is 2. The zero-order valence-electron chi connectivity index (χ0n) is 36.9. The highest BCUT2D eigenvalue weighted by molar-refractivity contribution is 7.81. The smallest absolute Gasteiger partial charge is 0.304 e. The standard InChI is InChI=1S/C48H58N4O12S/c1-25(50-39(57)15-17-49-44(62)36(65)22-40(58)59)42(60)51-26(2)43(61)52-31-7-5-6-28(19-31)18-27-8-10-29(11-9-27)45-63-38-21-34-33-13-12-30-20-32(54)14-16-46(30,3)41(33)35(55)23-47(34,4)48(38,64-45)37(56)24-53/h5-11,14,16,19-20,25-26,33-36,38,41,45,53,55,65H,12-13,15,17-18,21-24H2,1-4H3,(H,49,62)(H,50,57)(H,51,60)(H,52,61)(H,58,59)/t25-,26-,33-,34-,35-,36?,38+,41?,45+,46-,47-,48+/m0/s1. The van der Waals surface area contributed by atoms with Crippen LogP contribution in [-0.4, -0.2) is 105 Å². The fraction of sp³-hybridized carbons (Fsp3) is 0.521. The van der Waals surface area contributed by atoms with Gasteiger partial charge in [0.05, 0.1) is 23.9 Å². The van der Waals surface area contributed by atoms with E-state index in [0.29, 0.717) is 24.1 Å². The highest BCUT2D eigenvalue weighted by Gasteiger charge is 2.76. The number of aliphatic hydroxyl groups is 2. The summed E-state index contributed by atoms with van der Waals surface area (Å²) in [6.07, 6.45) is 5.19. The van der Waals surface area contributed by atoms with Gasteiger partial charge in [-0.05, 0) is 93.2 Å². The van der Waals surface area contributed by atoms with Crippen LogP contribution in [0, 0.1) is 28.6 Å². The minimum atomic E-state index is -1.46. The predicted octanol–water partition coefficient (Wildman–Crippen LogP) is 3.11. The number of ether oxygens (including phenoxy) is 2. The van der Waals surface area contributed by atoms with Gasteiger partial charge in [0.25, 0.3) is 0 Å². The van der Waals surface area contributed by atoms with Gasteiger partial charge in [0.1, 0.15) is 18.7 Å². The van der Waals surface area contributed by atoms with Crippen molar-refractivity contribution in [2.45, 2.75) is 114 Å². The van der Waals surface area contributed by atoms with Crippen molar-refractivity contribution in [1.29, 1.82) is 0 Å². The molecule has 0 aromatic heterocycles. The molecule has 1 saturated heterocycles. The third kappa shape index (κ3) is 9.30. The number of carbonyl (C=O) groups excluding carboxylic acids is 6. The Hall–Kier alpha value is -5.20. The number of anilines is 1. The summed E-state index contributed by atoms with van der Waals surface area (Å²) in [4.78, 5) is 87.1. The van der Waals surface area contributed by atoms with Crippen molar-refractivity contribution in [3.8, 4) is 0 Å². The van der Waals surface area contributed by atoms with E-state index < -0.39 is 101 Å². The van der Waals surface area contributed by atoms with Crippen LogP contribution >= 0.6 is 12.6 Å². The first-order valence-corrected chi connectivity index (χ1v) is 22.7. The lowest BCUT2D eigenvalue weighted by Gasteiger charge is -2.59. The summed E-state index contributed by atoms with van der Waals surface area (Å²) in [5.41, 5.74) is 1.36. The van der Waals surface area contributed by atoms with Gasteiger partial charge in [-0.25, -0.2) is 0 Å². The van der Waals surface area contributed by atoms with E-state index in [4.69, 9.17) is 14.6 Å². The van der Waals surface area contributed by atoms with Gasteiger partial charge in [-0.15, -0.1) is 0 Å². The van der Waals surface area contributed by atoms with Gasteiger partial charge in [0.15, 0.2) is 23.5 Å². The van der Waals surface area contributed by atoms with E-state index in [9.17, 15) is 43.8 Å². The molecule has 7 N–H and O–H groups in total. The Morgan fingerprint density at radius 1 is 0.954 bits per heavy atom. The molecule has 348 valence electrons. The molecular formula is C48H58N4O12S. The summed E-state index contributed by atoms with van der Waals surface area (Å²) in [5.74, 6) is -4.02. The number of aliphatic carboxylic acids is 1. The number of thiol groups is 1. The number of benzene rings is 2. The second kappa shape index (κ2) is 19.0. The summed E-state index contributed by atoms with van der Waals surface area (Å²) in [7, 11) is 0. The van der Waals surface area contributed by atoms with Crippen molar-refractivity contribution in [2.24, 2.45) is 28.6 Å². The van der Waals surface area contributed by atoms with Crippen molar-refractivity contribution in [1.82, 2.24) is 16.0 Å². The zero-order chi connectivity index (χ0) is 47.0. The van der Waals surface area contributed by atoms with E-state index in [1.165, 1.54) is 13.8 Å². The Morgan fingerprint density at radius 3 is 2.38 bits per heavy atom. The van der Waals surface area contributed by atoms with Gasteiger partial charge < -0.3 is 46.1 Å². The maximum absolute atomic E-state index is 14.0. The maximum atomic E-state index is 14.0. The van der Waals surface area contributed by atoms with Crippen LogP contribution in [-0.2, 0) is 49.5 Å². The van der Waals surface area contributed by atoms with Crippen molar-refractivity contribution < 1.29 is 58.4 Å². The lowest BCUT2D eigenvalue weighted by atomic mass is 9.46. The third-order valence-electron chi connectivity index (χ3n) is 14.5. The Kier molecular flexibility index (Phi) is 13.9. The molecule has 2 aromatic carbocycles. The molecule has 65 heavy (non-hydrogen) atoms. The molecule has 17 heteroatoms. The summed E-state index contributed by atoms with van der Waals surface area (Å²) in [5, 5.41) is 40.4. The summed E-state index contributed by atoms with van der Waals surface area (Å²) >= 11 is 3.93. The molecule has 12 atom stereocenters. The number of carboxylic acid groups (broad SMARTS) is 1. The average Bonchev–Trinajstić information content (AvgIpc) is 3.76. The van der Waals surface area contributed by atoms with Crippen LogP contribution in [0.25, 0.3) is 0 Å². The van der Waals surface area contributed by atoms with Gasteiger partial charge in [0.2, 0.25) is 23.6 Å². The molecule has 16 nitrogen and oxygen atoms in total. The summed E-state index contributed by atoms with van der Waals surface area (Å²) in [6.45, 7) is 6.26. The predicted molar refractivity (Wildman–Crippen MR) is 239 cm³/mol. The molecule has 4 amide bonds. The highest BCUT2D eigenvalue weighted by atomic mass is 32.1. The van der Waals surface area contributed by atoms with Crippen molar-refractivity contribution in [3.63, 3.8) is 0 Å². The minimum absolute atomic E-state index is 0.0161. The second-order valence-electron chi connectivity index (χ2n) is 18.6. The monoisotopic (exact) mass is 914 g/mol. The van der Waals surface area contributed by atoms with Crippen LogP contribution < -0.4 is 21.3 Å².